The number of thiophene rings is 1. The molecule has 0 saturated carbocycles. The van der Waals surface area contributed by atoms with E-state index in [2.05, 4.69) is 32.6 Å². The molecule has 4 heteroatoms. The minimum absolute atomic E-state index is 0.776. The van der Waals surface area contributed by atoms with Crippen LogP contribution in [0.25, 0.3) is 22.6 Å². The van der Waals surface area contributed by atoms with E-state index >= 15 is 0 Å². The second kappa shape index (κ2) is 3.17. The van der Waals surface area contributed by atoms with Crippen LogP contribution in [0.15, 0.2) is 29.1 Å². The van der Waals surface area contributed by atoms with E-state index in [9.17, 15) is 0 Å². The van der Waals surface area contributed by atoms with E-state index in [4.69, 9.17) is 0 Å². The van der Waals surface area contributed by atoms with Crippen molar-refractivity contribution in [2.75, 3.05) is 0 Å². The van der Waals surface area contributed by atoms with Crippen LogP contribution < -0.4 is 0 Å². The van der Waals surface area contributed by atoms with Gasteiger partial charge in [-0.1, -0.05) is 0 Å². The van der Waals surface area contributed by atoms with Crippen molar-refractivity contribution in [2.24, 2.45) is 0 Å². The molecule has 0 bridgehead atoms. The van der Waals surface area contributed by atoms with Crippen molar-refractivity contribution >= 4 is 22.5 Å². The number of fused-ring (bicyclic) bond motifs is 1. The van der Waals surface area contributed by atoms with Crippen LogP contribution in [0.1, 0.15) is 5.56 Å². The molecule has 0 atom stereocenters. The van der Waals surface area contributed by atoms with Gasteiger partial charge in [0.15, 0.2) is 5.65 Å². The maximum Gasteiger partial charge on any atom is 0.178 e. The third-order valence-corrected chi connectivity index (χ3v) is 3.23. The lowest BCUT2D eigenvalue weighted by atomic mass is 10.2. The van der Waals surface area contributed by atoms with Crippen LogP contribution >= 0.6 is 11.3 Å². The van der Waals surface area contributed by atoms with E-state index in [1.165, 1.54) is 5.56 Å². The first kappa shape index (κ1) is 8.61. The number of rotatable bonds is 1. The Hall–Kier alpha value is -1.68. The largest absolute Gasteiger partial charge is 0.337 e. The summed E-state index contributed by atoms with van der Waals surface area (Å²) in [5.41, 5.74) is 4.17. The summed E-state index contributed by atoms with van der Waals surface area (Å²) in [4.78, 5) is 11.9. The Morgan fingerprint density at radius 2 is 2.27 bits per heavy atom. The maximum absolute atomic E-state index is 4.46. The summed E-state index contributed by atoms with van der Waals surface area (Å²) in [6.07, 6.45) is 1.76. The van der Waals surface area contributed by atoms with Crippen LogP contribution in [0.5, 0.6) is 0 Å². The number of hydrogen-bond acceptors (Lipinski definition) is 3. The van der Waals surface area contributed by atoms with E-state index < -0.39 is 0 Å². The summed E-state index contributed by atoms with van der Waals surface area (Å²) in [5.74, 6) is 0.905. The van der Waals surface area contributed by atoms with Crippen LogP contribution in [-0.2, 0) is 0 Å². The van der Waals surface area contributed by atoms with E-state index in [0.29, 0.717) is 0 Å². The zero-order valence-corrected chi connectivity index (χ0v) is 9.01. The minimum Gasteiger partial charge on any atom is -0.337 e. The molecular formula is C11H9N3S. The Kier molecular flexibility index (Phi) is 1.82. The number of imidazole rings is 1. The van der Waals surface area contributed by atoms with Gasteiger partial charge in [0.1, 0.15) is 5.82 Å². The zero-order valence-electron chi connectivity index (χ0n) is 8.19. The quantitative estimate of drug-likeness (QED) is 0.678. The number of nitrogens with one attached hydrogen (secondary N) is 1. The van der Waals surface area contributed by atoms with Gasteiger partial charge >= 0.3 is 0 Å². The highest BCUT2D eigenvalue weighted by atomic mass is 32.1. The number of H-pyrrole nitrogens is 1. The third kappa shape index (κ3) is 1.34. The van der Waals surface area contributed by atoms with E-state index in [1.807, 2.05) is 12.1 Å². The van der Waals surface area contributed by atoms with Gasteiger partial charge in [0.2, 0.25) is 0 Å². The van der Waals surface area contributed by atoms with Gasteiger partial charge in [0.25, 0.3) is 0 Å². The van der Waals surface area contributed by atoms with Crippen molar-refractivity contribution in [3.8, 4) is 11.4 Å². The molecule has 3 aromatic heterocycles. The fourth-order valence-electron chi connectivity index (χ4n) is 1.58. The summed E-state index contributed by atoms with van der Waals surface area (Å²) in [5, 5.41) is 4.23. The molecule has 0 spiro atoms. The van der Waals surface area contributed by atoms with Crippen molar-refractivity contribution in [3.63, 3.8) is 0 Å². The van der Waals surface area contributed by atoms with Crippen LogP contribution in [0.2, 0.25) is 0 Å². The standard InChI is InChI=1S/C11H9N3S/c1-7-5-15-6-8(7)10-13-9-3-2-4-12-11(9)14-10/h2-6H,1H3,(H,12,13,14). The molecular weight excluding hydrogens is 206 g/mol. The summed E-state index contributed by atoms with van der Waals surface area (Å²) in [7, 11) is 0. The van der Waals surface area contributed by atoms with Crippen molar-refractivity contribution in [3.05, 3.63) is 34.7 Å². The lowest BCUT2D eigenvalue weighted by molar-refractivity contribution is 1.29. The van der Waals surface area contributed by atoms with Crippen LogP contribution in [0.4, 0.5) is 0 Å². The van der Waals surface area contributed by atoms with Gasteiger partial charge in [0, 0.05) is 17.1 Å². The number of aromatic amines is 1. The molecule has 0 aromatic carbocycles. The Balaban J connectivity index is 2.24. The van der Waals surface area contributed by atoms with Crippen LogP contribution in [-0.4, -0.2) is 15.0 Å². The molecule has 0 aliphatic rings. The van der Waals surface area contributed by atoms with Crippen LogP contribution in [0, 0.1) is 6.92 Å². The highest BCUT2D eigenvalue weighted by Gasteiger charge is 2.08. The van der Waals surface area contributed by atoms with Crippen LogP contribution in [0.3, 0.4) is 0 Å². The lowest BCUT2D eigenvalue weighted by Crippen LogP contribution is -1.79. The van der Waals surface area contributed by atoms with Gasteiger partial charge in [-0.05, 0) is 30.0 Å². The molecule has 0 aliphatic carbocycles. The highest BCUT2D eigenvalue weighted by Crippen LogP contribution is 2.25. The number of nitrogens with zero attached hydrogens (tertiary/aromatic N) is 2. The van der Waals surface area contributed by atoms with E-state index in [-0.39, 0.29) is 0 Å². The molecule has 3 aromatic rings. The van der Waals surface area contributed by atoms with Gasteiger partial charge in [-0.3, -0.25) is 0 Å². The fourth-order valence-corrected chi connectivity index (χ4v) is 2.41. The van der Waals surface area contributed by atoms with Crippen molar-refractivity contribution in [1.82, 2.24) is 15.0 Å². The Morgan fingerprint density at radius 3 is 3.00 bits per heavy atom. The molecule has 1 N–H and O–H groups in total. The molecule has 0 saturated heterocycles. The Labute approximate surface area is 90.8 Å². The Bertz CT molecular complexity index is 576. The maximum atomic E-state index is 4.46. The number of hydrogen-bond donors (Lipinski definition) is 1. The second-order valence-electron chi connectivity index (χ2n) is 3.43. The minimum atomic E-state index is 0.776. The molecule has 0 fully saturated rings. The molecule has 3 nitrogen and oxygen atoms in total. The average molecular weight is 215 g/mol. The SMILES string of the molecule is Cc1cscc1-c1nc2ncccc2[nH]1. The van der Waals surface area contributed by atoms with Crippen molar-refractivity contribution < 1.29 is 0 Å². The Morgan fingerprint density at radius 1 is 1.33 bits per heavy atom. The predicted molar refractivity (Wildman–Crippen MR) is 61.9 cm³/mol. The molecule has 3 rings (SSSR count). The monoisotopic (exact) mass is 215 g/mol. The second-order valence-corrected chi connectivity index (χ2v) is 4.17. The van der Waals surface area contributed by atoms with Gasteiger partial charge < -0.3 is 4.98 Å². The summed E-state index contributed by atoms with van der Waals surface area (Å²) in [6, 6.07) is 3.89. The summed E-state index contributed by atoms with van der Waals surface area (Å²) in [6.45, 7) is 2.09. The normalized spacial score (nSPS) is 11.0. The molecule has 74 valence electrons. The first-order valence-corrected chi connectivity index (χ1v) is 5.63. The number of pyridine rings is 1. The third-order valence-electron chi connectivity index (χ3n) is 2.37. The first-order chi connectivity index (χ1) is 7.34. The van der Waals surface area contributed by atoms with Gasteiger partial charge in [0.05, 0.1) is 5.52 Å². The highest BCUT2D eigenvalue weighted by molar-refractivity contribution is 7.08. The lowest BCUT2D eigenvalue weighted by Gasteiger charge is -1.91. The van der Waals surface area contributed by atoms with Crippen molar-refractivity contribution in [2.45, 2.75) is 6.92 Å². The molecule has 0 unspecified atom stereocenters. The molecule has 0 radical (unpaired) electrons. The van der Waals surface area contributed by atoms with E-state index in [1.54, 1.807) is 17.5 Å². The van der Waals surface area contributed by atoms with Gasteiger partial charge in [-0.15, -0.1) is 0 Å². The first-order valence-electron chi connectivity index (χ1n) is 4.68. The zero-order chi connectivity index (χ0) is 10.3. The summed E-state index contributed by atoms with van der Waals surface area (Å²) >= 11 is 1.69. The average Bonchev–Trinajstić information content (AvgIpc) is 2.82. The molecule has 0 amide bonds. The topological polar surface area (TPSA) is 41.6 Å². The fraction of sp³-hybridized carbons (Fsp3) is 0.0909. The summed E-state index contributed by atoms with van der Waals surface area (Å²) < 4.78 is 0. The van der Waals surface area contributed by atoms with E-state index in [0.717, 1.165) is 22.6 Å². The number of aromatic nitrogens is 3. The predicted octanol–water partition coefficient (Wildman–Crippen LogP) is 2.99. The molecule has 0 aliphatic heterocycles. The number of aryl methyl sites for hydroxylation is 1. The van der Waals surface area contributed by atoms with Gasteiger partial charge in [-0.25, -0.2) is 9.97 Å². The molecule has 3 heterocycles. The van der Waals surface area contributed by atoms with Gasteiger partial charge in [-0.2, -0.15) is 11.3 Å². The van der Waals surface area contributed by atoms with Crippen molar-refractivity contribution in [1.29, 1.82) is 0 Å². The smallest absolute Gasteiger partial charge is 0.178 e. The molecule has 15 heavy (non-hydrogen) atoms.